The molecule has 3 nitrogen and oxygen atoms in total. The van der Waals surface area contributed by atoms with Crippen molar-refractivity contribution in [1.82, 2.24) is 0 Å². The van der Waals surface area contributed by atoms with E-state index in [-0.39, 0.29) is 17.3 Å². The van der Waals surface area contributed by atoms with Crippen LogP contribution in [-0.2, 0) is 0 Å². The molecule has 1 rings (SSSR count). The number of ketones is 1. The Hall–Kier alpha value is -0.780. The third-order valence-corrected chi connectivity index (χ3v) is 2.52. The summed E-state index contributed by atoms with van der Waals surface area (Å²) in [5, 5.41) is 18.4. The number of carbonyl (C=O) groups is 1. The van der Waals surface area contributed by atoms with Gasteiger partial charge in [0.2, 0.25) is 0 Å². The Morgan fingerprint density at radius 1 is 1.46 bits per heavy atom. The summed E-state index contributed by atoms with van der Waals surface area (Å²) in [5.74, 6) is -0.452. The van der Waals surface area contributed by atoms with E-state index in [4.69, 9.17) is 5.11 Å². The fourth-order valence-electron chi connectivity index (χ4n) is 1.06. The summed E-state index contributed by atoms with van der Waals surface area (Å²) in [4.78, 5) is 11.3. The van der Waals surface area contributed by atoms with Crippen molar-refractivity contribution in [2.75, 3.05) is 4.43 Å². The lowest BCUT2D eigenvalue weighted by Gasteiger charge is -2.06. The van der Waals surface area contributed by atoms with Crippen LogP contribution in [0.5, 0.6) is 11.5 Å². The van der Waals surface area contributed by atoms with Gasteiger partial charge in [0, 0.05) is 11.1 Å². The van der Waals surface area contributed by atoms with Crippen LogP contribution in [0.25, 0.3) is 0 Å². The van der Waals surface area contributed by atoms with Crippen LogP contribution in [0.2, 0.25) is 0 Å². The van der Waals surface area contributed by atoms with Crippen LogP contribution in [0.3, 0.4) is 0 Å². The molecule has 13 heavy (non-hydrogen) atoms. The minimum atomic E-state index is -0.212. The van der Waals surface area contributed by atoms with Crippen molar-refractivity contribution in [3.8, 4) is 11.5 Å². The van der Waals surface area contributed by atoms with Crippen LogP contribution in [0.15, 0.2) is 12.1 Å². The monoisotopic (exact) mass is 292 g/mol. The van der Waals surface area contributed by atoms with Crippen molar-refractivity contribution in [3.63, 3.8) is 0 Å². The molecule has 70 valence electrons. The number of hydrogen-bond acceptors (Lipinski definition) is 3. The van der Waals surface area contributed by atoms with Crippen LogP contribution in [0, 0.1) is 6.92 Å². The van der Waals surface area contributed by atoms with Gasteiger partial charge in [-0.1, -0.05) is 22.6 Å². The Balaban J connectivity index is 3.26. The molecule has 0 fully saturated rings. The second-order valence-corrected chi connectivity index (χ2v) is 3.43. The highest BCUT2D eigenvalue weighted by atomic mass is 127. The first-order valence-corrected chi connectivity index (χ1v) is 5.21. The second-order valence-electron chi connectivity index (χ2n) is 2.66. The van der Waals surface area contributed by atoms with Crippen molar-refractivity contribution in [2.45, 2.75) is 6.92 Å². The molecular weight excluding hydrogens is 283 g/mol. The summed E-state index contributed by atoms with van der Waals surface area (Å²) >= 11 is 1.96. The maximum atomic E-state index is 11.3. The first kappa shape index (κ1) is 10.3. The molecular formula is C9H9IO3. The van der Waals surface area contributed by atoms with E-state index in [0.717, 1.165) is 0 Å². The first-order valence-electron chi connectivity index (χ1n) is 3.68. The molecule has 0 saturated heterocycles. The van der Waals surface area contributed by atoms with Gasteiger partial charge in [0.15, 0.2) is 17.3 Å². The maximum Gasteiger partial charge on any atom is 0.172 e. The minimum absolute atomic E-state index is 0.0478. The lowest BCUT2D eigenvalue weighted by Crippen LogP contribution is -2.02. The molecule has 0 spiro atoms. The smallest absolute Gasteiger partial charge is 0.172 e. The predicted octanol–water partition coefficient (Wildman–Crippen LogP) is 2.02. The molecule has 0 aliphatic rings. The predicted molar refractivity (Wildman–Crippen MR) is 57.7 cm³/mol. The second kappa shape index (κ2) is 3.95. The summed E-state index contributed by atoms with van der Waals surface area (Å²) < 4.78 is 0.364. The normalized spacial score (nSPS) is 10.0. The number of aromatic hydroxyl groups is 2. The molecule has 0 amide bonds. The topological polar surface area (TPSA) is 57.5 Å². The number of phenols is 2. The van der Waals surface area contributed by atoms with E-state index in [1.807, 2.05) is 22.6 Å². The number of halogens is 1. The highest BCUT2D eigenvalue weighted by Gasteiger charge is 2.12. The van der Waals surface area contributed by atoms with Crippen LogP contribution in [0.4, 0.5) is 0 Å². The number of benzene rings is 1. The third kappa shape index (κ3) is 1.93. The Morgan fingerprint density at radius 3 is 2.62 bits per heavy atom. The highest BCUT2D eigenvalue weighted by molar-refractivity contribution is 14.1. The van der Waals surface area contributed by atoms with Crippen LogP contribution in [-0.4, -0.2) is 20.4 Å². The lowest BCUT2D eigenvalue weighted by molar-refractivity contribution is 0.102. The zero-order valence-electron chi connectivity index (χ0n) is 7.04. The number of alkyl halides is 1. The van der Waals surface area contributed by atoms with Crippen molar-refractivity contribution in [1.29, 1.82) is 0 Å². The largest absolute Gasteiger partial charge is 0.504 e. The number of phenolic OH excluding ortho intramolecular Hbond substituents is 2. The van der Waals surface area contributed by atoms with E-state index in [1.165, 1.54) is 12.1 Å². The van der Waals surface area contributed by atoms with Gasteiger partial charge in [-0.05, 0) is 19.1 Å². The van der Waals surface area contributed by atoms with Crippen molar-refractivity contribution < 1.29 is 15.0 Å². The molecule has 0 radical (unpaired) electrons. The van der Waals surface area contributed by atoms with E-state index >= 15 is 0 Å². The summed E-state index contributed by atoms with van der Waals surface area (Å²) in [7, 11) is 0. The zero-order chi connectivity index (χ0) is 10.0. The third-order valence-electron chi connectivity index (χ3n) is 1.83. The summed E-state index contributed by atoms with van der Waals surface area (Å²) in [5.41, 5.74) is 0.895. The molecule has 0 aliphatic carbocycles. The van der Waals surface area contributed by atoms with Gasteiger partial charge < -0.3 is 10.2 Å². The average Bonchev–Trinajstić information content (AvgIpc) is 2.13. The van der Waals surface area contributed by atoms with Crippen molar-refractivity contribution in [3.05, 3.63) is 23.3 Å². The molecule has 1 aromatic carbocycles. The summed E-state index contributed by atoms with van der Waals surface area (Å²) in [6.07, 6.45) is 0. The van der Waals surface area contributed by atoms with Gasteiger partial charge in [0.05, 0.1) is 4.43 Å². The van der Waals surface area contributed by atoms with E-state index in [2.05, 4.69) is 0 Å². The number of carbonyl (C=O) groups excluding carboxylic acids is 1. The average molecular weight is 292 g/mol. The van der Waals surface area contributed by atoms with Gasteiger partial charge in [-0.15, -0.1) is 0 Å². The molecule has 2 N–H and O–H groups in total. The molecule has 0 atom stereocenters. The molecule has 0 aliphatic heterocycles. The fourth-order valence-corrected chi connectivity index (χ4v) is 1.47. The van der Waals surface area contributed by atoms with E-state index in [0.29, 0.717) is 15.6 Å². The van der Waals surface area contributed by atoms with E-state index < -0.39 is 0 Å². The fraction of sp³-hybridized carbons (Fsp3) is 0.222. The molecule has 0 saturated carbocycles. The highest BCUT2D eigenvalue weighted by Crippen LogP contribution is 2.30. The first-order chi connectivity index (χ1) is 6.07. The molecule has 0 heterocycles. The number of Topliss-reactive ketones (excluding diaryl/α,β-unsaturated/α-hetero) is 1. The van der Waals surface area contributed by atoms with Gasteiger partial charge in [0.1, 0.15) is 0 Å². The van der Waals surface area contributed by atoms with Gasteiger partial charge in [-0.2, -0.15) is 0 Å². The molecule has 4 heteroatoms. The Kier molecular flexibility index (Phi) is 3.13. The molecule has 0 aromatic heterocycles. The number of rotatable bonds is 2. The maximum absolute atomic E-state index is 11.3. The van der Waals surface area contributed by atoms with E-state index in [1.54, 1.807) is 6.92 Å². The number of hydrogen-bond donors (Lipinski definition) is 2. The quantitative estimate of drug-likeness (QED) is 0.379. The lowest BCUT2D eigenvalue weighted by atomic mass is 10.0. The van der Waals surface area contributed by atoms with Gasteiger partial charge >= 0.3 is 0 Å². The standard InChI is InChI=1S/C9H9IO3/c1-5-6(8(12)4-10)2-3-7(11)9(5)13/h2-3,11,13H,4H2,1H3. The molecule has 0 unspecified atom stereocenters. The van der Waals surface area contributed by atoms with Crippen molar-refractivity contribution >= 4 is 28.4 Å². The molecule has 1 aromatic rings. The SMILES string of the molecule is Cc1c(C(=O)CI)ccc(O)c1O. The minimum Gasteiger partial charge on any atom is -0.504 e. The van der Waals surface area contributed by atoms with E-state index in [9.17, 15) is 9.90 Å². The van der Waals surface area contributed by atoms with Crippen LogP contribution >= 0.6 is 22.6 Å². The van der Waals surface area contributed by atoms with Gasteiger partial charge in [-0.3, -0.25) is 4.79 Å². The Labute approximate surface area is 89.5 Å². The molecule has 0 bridgehead atoms. The summed E-state index contributed by atoms with van der Waals surface area (Å²) in [6.45, 7) is 1.61. The van der Waals surface area contributed by atoms with Crippen molar-refractivity contribution in [2.24, 2.45) is 0 Å². The van der Waals surface area contributed by atoms with Gasteiger partial charge in [0.25, 0.3) is 0 Å². The summed E-state index contributed by atoms with van der Waals surface area (Å²) in [6, 6.07) is 2.84. The van der Waals surface area contributed by atoms with Crippen LogP contribution in [0.1, 0.15) is 15.9 Å². The Morgan fingerprint density at radius 2 is 2.08 bits per heavy atom. The van der Waals surface area contributed by atoms with Crippen LogP contribution < -0.4 is 0 Å². The zero-order valence-corrected chi connectivity index (χ0v) is 9.20. The Bertz CT molecular complexity index is 347. The van der Waals surface area contributed by atoms with Gasteiger partial charge in [-0.25, -0.2) is 0 Å².